The van der Waals surface area contributed by atoms with E-state index < -0.39 is 0 Å². The average Bonchev–Trinajstić information content (AvgIpc) is 2.74. The number of ether oxygens (including phenoxy) is 1. The van der Waals surface area contributed by atoms with Crippen molar-refractivity contribution in [2.75, 3.05) is 20.2 Å². The molecule has 2 N–H and O–H groups in total. The highest BCUT2D eigenvalue weighted by Crippen LogP contribution is 2.14. The number of hydrogen-bond donors (Lipinski definition) is 2. The molecule has 1 aromatic carbocycles. The van der Waals surface area contributed by atoms with Crippen LogP contribution in [0.4, 0.5) is 0 Å². The van der Waals surface area contributed by atoms with Crippen molar-refractivity contribution in [3.05, 3.63) is 57.3 Å². The molecule has 0 bridgehead atoms. The lowest BCUT2D eigenvalue weighted by Crippen LogP contribution is -2.21. The van der Waals surface area contributed by atoms with E-state index in [1.807, 2.05) is 24.3 Å². The van der Waals surface area contributed by atoms with Gasteiger partial charge in [-0.15, -0.1) is 0 Å². The van der Waals surface area contributed by atoms with Crippen molar-refractivity contribution in [3.63, 3.8) is 0 Å². The summed E-state index contributed by atoms with van der Waals surface area (Å²) in [5.74, 6) is 1.55. The van der Waals surface area contributed by atoms with Gasteiger partial charge in [0.05, 0.1) is 12.8 Å². The number of methoxy groups -OCH3 is 1. The van der Waals surface area contributed by atoms with Gasteiger partial charge in [0.15, 0.2) is 0 Å². The first-order valence-corrected chi connectivity index (χ1v) is 7.21. The fourth-order valence-electron chi connectivity index (χ4n) is 2.63. The van der Waals surface area contributed by atoms with Gasteiger partial charge in [0, 0.05) is 24.9 Å². The quantitative estimate of drug-likeness (QED) is 0.885. The Morgan fingerprint density at radius 1 is 1.19 bits per heavy atom. The fraction of sp³-hybridized carbons (Fsp3) is 0.375. The van der Waals surface area contributed by atoms with E-state index in [0.717, 1.165) is 54.3 Å². The minimum Gasteiger partial charge on any atom is -0.497 e. The minimum absolute atomic E-state index is 0.00668. The standard InChI is InChI=1S/C16H19N3O2/c1-21-12-4-2-11(3-5-12)10-15-18-14-7-9-17-8-6-13(14)16(20)19-15/h2-5,17H,6-10H2,1H3,(H,18,19,20). The van der Waals surface area contributed by atoms with Crippen molar-refractivity contribution in [2.24, 2.45) is 0 Å². The number of aromatic nitrogens is 2. The van der Waals surface area contributed by atoms with Crippen molar-refractivity contribution in [1.29, 1.82) is 0 Å². The predicted octanol–water partition coefficient (Wildman–Crippen LogP) is 1.06. The molecule has 0 spiro atoms. The highest BCUT2D eigenvalue weighted by atomic mass is 16.5. The third-order valence-electron chi connectivity index (χ3n) is 3.77. The second kappa shape index (κ2) is 6.10. The zero-order chi connectivity index (χ0) is 14.7. The molecule has 5 heteroatoms. The molecule has 1 aromatic heterocycles. The molecule has 2 heterocycles. The van der Waals surface area contributed by atoms with Crippen LogP contribution in [-0.4, -0.2) is 30.2 Å². The summed E-state index contributed by atoms with van der Waals surface area (Å²) >= 11 is 0. The summed E-state index contributed by atoms with van der Waals surface area (Å²) in [6.45, 7) is 1.72. The summed E-state index contributed by atoms with van der Waals surface area (Å²) < 4.78 is 5.15. The van der Waals surface area contributed by atoms with Crippen LogP contribution in [0.5, 0.6) is 5.75 Å². The van der Waals surface area contributed by atoms with Gasteiger partial charge in [-0.1, -0.05) is 12.1 Å². The molecular weight excluding hydrogens is 266 g/mol. The zero-order valence-electron chi connectivity index (χ0n) is 12.1. The topological polar surface area (TPSA) is 67.0 Å². The van der Waals surface area contributed by atoms with E-state index in [1.54, 1.807) is 7.11 Å². The Bertz CT molecular complexity index is 677. The van der Waals surface area contributed by atoms with Crippen molar-refractivity contribution >= 4 is 0 Å². The van der Waals surface area contributed by atoms with E-state index in [-0.39, 0.29) is 5.56 Å². The minimum atomic E-state index is 0.00668. The van der Waals surface area contributed by atoms with E-state index in [4.69, 9.17) is 4.74 Å². The van der Waals surface area contributed by atoms with Crippen molar-refractivity contribution < 1.29 is 4.74 Å². The molecule has 0 amide bonds. The first kappa shape index (κ1) is 13.8. The van der Waals surface area contributed by atoms with Crippen LogP contribution in [0, 0.1) is 0 Å². The second-order valence-corrected chi connectivity index (χ2v) is 5.21. The molecule has 110 valence electrons. The predicted molar refractivity (Wildman–Crippen MR) is 80.9 cm³/mol. The van der Waals surface area contributed by atoms with Crippen LogP contribution in [0.15, 0.2) is 29.1 Å². The van der Waals surface area contributed by atoms with E-state index >= 15 is 0 Å². The third-order valence-corrected chi connectivity index (χ3v) is 3.77. The number of benzene rings is 1. The average molecular weight is 285 g/mol. The Hall–Kier alpha value is -2.14. The molecule has 0 unspecified atom stereocenters. The summed E-state index contributed by atoms with van der Waals surface area (Å²) in [7, 11) is 1.65. The molecule has 5 nitrogen and oxygen atoms in total. The van der Waals surface area contributed by atoms with Crippen molar-refractivity contribution in [2.45, 2.75) is 19.3 Å². The summed E-state index contributed by atoms with van der Waals surface area (Å²) in [5, 5.41) is 3.30. The maximum atomic E-state index is 12.2. The van der Waals surface area contributed by atoms with Gasteiger partial charge >= 0.3 is 0 Å². The second-order valence-electron chi connectivity index (χ2n) is 5.21. The van der Waals surface area contributed by atoms with Crippen LogP contribution in [0.25, 0.3) is 0 Å². The Morgan fingerprint density at radius 3 is 2.71 bits per heavy atom. The summed E-state index contributed by atoms with van der Waals surface area (Å²) in [6, 6.07) is 7.82. The molecule has 1 aliphatic rings. The van der Waals surface area contributed by atoms with Crippen LogP contribution in [-0.2, 0) is 19.3 Å². The maximum absolute atomic E-state index is 12.2. The highest BCUT2D eigenvalue weighted by Gasteiger charge is 2.14. The van der Waals surface area contributed by atoms with Crippen LogP contribution < -0.4 is 15.6 Å². The molecule has 0 atom stereocenters. The number of hydrogen-bond acceptors (Lipinski definition) is 4. The lowest BCUT2D eigenvalue weighted by molar-refractivity contribution is 0.414. The number of H-pyrrole nitrogens is 1. The number of nitrogens with one attached hydrogen (secondary N) is 2. The zero-order valence-corrected chi connectivity index (χ0v) is 12.1. The van der Waals surface area contributed by atoms with Gasteiger partial charge in [0.25, 0.3) is 5.56 Å². The van der Waals surface area contributed by atoms with Crippen LogP contribution in [0.1, 0.15) is 22.6 Å². The summed E-state index contributed by atoms with van der Waals surface area (Å²) in [6.07, 6.45) is 2.19. The van der Waals surface area contributed by atoms with Gasteiger partial charge in [0.2, 0.25) is 0 Å². The van der Waals surface area contributed by atoms with E-state index in [1.165, 1.54) is 0 Å². The summed E-state index contributed by atoms with van der Waals surface area (Å²) in [5.41, 5.74) is 2.88. The Morgan fingerprint density at radius 2 is 1.95 bits per heavy atom. The first-order valence-electron chi connectivity index (χ1n) is 7.21. The summed E-state index contributed by atoms with van der Waals surface area (Å²) in [4.78, 5) is 19.7. The normalized spacial score (nSPS) is 14.3. The molecule has 0 fully saturated rings. The lowest BCUT2D eigenvalue weighted by atomic mass is 10.1. The van der Waals surface area contributed by atoms with Gasteiger partial charge < -0.3 is 15.0 Å². The van der Waals surface area contributed by atoms with Crippen molar-refractivity contribution in [1.82, 2.24) is 15.3 Å². The molecular formula is C16H19N3O2. The smallest absolute Gasteiger partial charge is 0.254 e. The molecule has 2 aromatic rings. The van der Waals surface area contributed by atoms with Gasteiger partial charge in [-0.3, -0.25) is 4.79 Å². The molecule has 3 rings (SSSR count). The number of aromatic amines is 1. The third kappa shape index (κ3) is 3.13. The molecule has 0 aliphatic carbocycles. The van der Waals surface area contributed by atoms with Gasteiger partial charge in [-0.2, -0.15) is 0 Å². The Labute approximate surface area is 123 Å². The van der Waals surface area contributed by atoms with Gasteiger partial charge in [0.1, 0.15) is 11.6 Å². The number of nitrogens with zero attached hydrogens (tertiary/aromatic N) is 1. The number of rotatable bonds is 3. The van der Waals surface area contributed by atoms with E-state index in [2.05, 4.69) is 15.3 Å². The molecule has 0 radical (unpaired) electrons. The van der Waals surface area contributed by atoms with Crippen LogP contribution in [0.2, 0.25) is 0 Å². The Kier molecular flexibility index (Phi) is 4.01. The molecule has 0 saturated carbocycles. The van der Waals surface area contributed by atoms with Crippen molar-refractivity contribution in [3.8, 4) is 5.75 Å². The molecule has 1 aliphatic heterocycles. The SMILES string of the molecule is COc1ccc(Cc2nc3c(c(=O)[nH]2)CCNCC3)cc1. The monoisotopic (exact) mass is 285 g/mol. The molecule has 21 heavy (non-hydrogen) atoms. The lowest BCUT2D eigenvalue weighted by Gasteiger charge is -2.07. The maximum Gasteiger partial charge on any atom is 0.254 e. The fourth-order valence-corrected chi connectivity index (χ4v) is 2.63. The largest absolute Gasteiger partial charge is 0.497 e. The van der Waals surface area contributed by atoms with Crippen LogP contribution in [0.3, 0.4) is 0 Å². The van der Waals surface area contributed by atoms with Gasteiger partial charge in [-0.25, -0.2) is 4.98 Å². The Balaban J connectivity index is 1.87. The molecule has 0 saturated heterocycles. The highest BCUT2D eigenvalue weighted by molar-refractivity contribution is 5.29. The number of fused-ring (bicyclic) bond motifs is 1. The van der Waals surface area contributed by atoms with E-state index in [9.17, 15) is 4.79 Å². The van der Waals surface area contributed by atoms with Gasteiger partial charge in [-0.05, 0) is 30.7 Å². The first-order chi connectivity index (χ1) is 10.3. The van der Waals surface area contributed by atoms with Crippen LogP contribution >= 0.6 is 0 Å². The van der Waals surface area contributed by atoms with E-state index in [0.29, 0.717) is 6.42 Å².